The Balaban J connectivity index is 3.16. The van der Waals surface area contributed by atoms with Gasteiger partial charge in [-0.3, -0.25) is 4.79 Å². The molecule has 0 amide bonds. The number of methoxy groups -OCH3 is 1. The number of para-hydroxylation sites is 1. The second kappa shape index (κ2) is 6.57. The molecular weight excluding hydrogens is 244 g/mol. The average Bonchev–Trinajstić information content (AvgIpc) is 2.39. The van der Waals surface area contributed by atoms with E-state index in [9.17, 15) is 9.90 Å². The maximum atomic E-state index is 12.0. The minimum absolute atomic E-state index is 0.303. The van der Waals surface area contributed by atoms with Crippen LogP contribution in [0.15, 0.2) is 24.3 Å². The van der Waals surface area contributed by atoms with Crippen LogP contribution in [0.5, 0.6) is 5.75 Å². The zero-order chi connectivity index (χ0) is 14.5. The maximum absolute atomic E-state index is 12.0. The van der Waals surface area contributed by atoms with Gasteiger partial charge in [0.1, 0.15) is 11.4 Å². The molecule has 0 fully saturated rings. The Hall–Kier alpha value is -1.55. The molecule has 0 radical (unpaired) electrons. The molecule has 1 rings (SSSR count). The lowest BCUT2D eigenvalue weighted by atomic mass is 9.81. The van der Waals surface area contributed by atoms with Gasteiger partial charge in [0.25, 0.3) is 0 Å². The predicted molar refractivity (Wildman–Crippen MR) is 73.0 cm³/mol. The Morgan fingerprint density at radius 1 is 1.37 bits per heavy atom. The van der Waals surface area contributed by atoms with Gasteiger partial charge in [-0.1, -0.05) is 25.1 Å². The number of esters is 1. The van der Waals surface area contributed by atoms with Crippen LogP contribution in [-0.2, 0) is 15.1 Å². The smallest absolute Gasteiger partial charge is 0.312 e. The van der Waals surface area contributed by atoms with Crippen LogP contribution < -0.4 is 4.74 Å². The van der Waals surface area contributed by atoms with Crippen LogP contribution in [0.4, 0.5) is 0 Å². The van der Waals surface area contributed by atoms with E-state index in [2.05, 4.69) is 0 Å². The molecule has 19 heavy (non-hydrogen) atoms. The molecule has 2 unspecified atom stereocenters. The molecule has 106 valence electrons. The summed E-state index contributed by atoms with van der Waals surface area (Å²) in [5.41, 5.74) is -0.731. The van der Waals surface area contributed by atoms with Gasteiger partial charge in [0.2, 0.25) is 0 Å². The Bertz CT molecular complexity index is 426. The second-order valence-corrected chi connectivity index (χ2v) is 4.56. The lowest BCUT2D eigenvalue weighted by Crippen LogP contribution is -2.38. The third-order valence-corrected chi connectivity index (χ3v) is 3.31. The van der Waals surface area contributed by atoms with Crippen LogP contribution in [0.1, 0.15) is 32.8 Å². The van der Waals surface area contributed by atoms with Crippen molar-refractivity contribution < 1.29 is 19.4 Å². The highest BCUT2D eigenvalue weighted by Gasteiger charge is 2.40. The van der Waals surface area contributed by atoms with Crippen molar-refractivity contribution in [2.24, 2.45) is 5.92 Å². The Kier molecular flexibility index (Phi) is 5.36. The predicted octanol–water partition coefficient (Wildman–Crippen LogP) is 2.49. The highest BCUT2D eigenvalue weighted by Crippen LogP contribution is 2.37. The molecule has 0 aliphatic carbocycles. The monoisotopic (exact) mass is 266 g/mol. The van der Waals surface area contributed by atoms with Crippen LogP contribution in [0.3, 0.4) is 0 Å². The molecular formula is C15H22O4. The van der Waals surface area contributed by atoms with Crippen molar-refractivity contribution in [2.45, 2.75) is 32.8 Å². The molecule has 0 bridgehead atoms. The van der Waals surface area contributed by atoms with E-state index >= 15 is 0 Å². The van der Waals surface area contributed by atoms with E-state index in [4.69, 9.17) is 9.47 Å². The summed E-state index contributed by atoms with van der Waals surface area (Å²) in [5.74, 6) is -0.445. The molecule has 2 atom stereocenters. The molecule has 0 saturated carbocycles. The first-order valence-electron chi connectivity index (χ1n) is 6.51. The summed E-state index contributed by atoms with van der Waals surface area (Å²) < 4.78 is 10.3. The molecule has 4 nitrogen and oxygen atoms in total. The Morgan fingerprint density at radius 3 is 2.53 bits per heavy atom. The highest BCUT2D eigenvalue weighted by atomic mass is 16.5. The van der Waals surface area contributed by atoms with E-state index in [-0.39, 0.29) is 5.97 Å². The fraction of sp³-hybridized carbons (Fsp3) is 0.533. The van der Waals surface area contributed by atoms with Gasteiger partial charge in [0, 0.05) is 5.56 Å². The summed E-state index contributed by atoms with van der Waals surface area (Å²) in [7, 11) is 1.54. The first kappa shape index (κ1) is 15.5. The van der Waals surface area contributed by atoms with E-state index in [1.165, 1.54) is 0 Å². The van der Waals surface area contributed by atoms with E-state index < -0.39 is 11.5 Å². The summed E-state index contributed by atoms with van der Waals surface area (Å²) in [5, 5.41) is 10.8. The lowest BCUT2D eigenvalue weighted by Gasteiger charge is -2.32. The zero-order valence-electron chi connectivity index (χ0n) is 12.0. The van der Waals surface area contributed by atoms with Crippen molar-refractivity contribution >= 4 is 5.97 Å². The summed E-state index contributed by atoms with van der Waals surface area (Å²) in [4.78, 5) is 12.0. The Morgan fingerprint density at radius 2 is 2.00 bits per heavy atom. The quantitative estimate of drug-likeness (QED) is 0.804. The summed E-state index contributed by atoms with van der Waals surface area (Å²) >= 11 is 0. The fourth-order valence-electron chi connectivity index (χ4n) is 2.29. The molecule has 0 saturated heterocycles. The molecule has 0 aliphatic rings. The van der Waals surface area contributed by atoms with Crippen LogP contribution in [0.25, 0.3) is 0 Å². The molecule has 1 N–H and O–H groups in total. The van der Waals surface area contributed by atoms with Gasteiger partial charge in [-0.25, -0.2) is 0 Å². The third-order valence-electron chi connectivity index (χ3n) is 3.31. The summed E-state index contributed by atoms with van der Waals surface area (Å²) in [6, 6.07) is 7.16. The number of rotatable bonds is 6. The van der Waals surface area contributed by atoms with E-state index in [1.807, 2.05) is 19.1 Å². The number of hydrogen-bond acceptors (Lipinski definition) is 4. The largest absolute Gasteiger partial charge is 0.496 e. The van der Waals surface area contributed by atoms with Crippen molar-refractivity contribution in [3.8, 4) is 5.75 Å². The van der Waals surface area contributed by atoms with Crippen LogP contribution in [-0.4, -0.2) is 24.8 Å². The number of aliphatic hydroxyl groups is 1. The van der Waals surface area contributed by atoms with E-state index in [0.29, 0.717) is 24.3 Å². The van der Waals surface area contributed by atoms with Crippen LogP contribution >= 0.6 is 0 Å². The third kappa shape index (κ3) is 3.26. The van der Waals surface area contributed by atoms with Gasteiger partial charge in [-0.15, -0.1) is 0 Å². The lowest BCUT2D eigenvalue weighted by molar-refractivity contribution is -0.158. The number of hydrogen-bond donors (Lipinski definition) is 1. The molecule has 0 aliphatic heterocycles. The minimum Gasteiger partial charge on any atom is -0.496 e. The van der Waals surface area contributed by atoms with Gasteiger partial charge in [-0.2, -0.15) is 0 Å². The van der Waals surface area contributed by atoms with Crippen molar-refractivity contribution in [1.29, 1.82) is 0 Å². The van der Waals surface area contributed by atoms with Gasteiger partial charge in [-0.05, 0) is 26.3 Å². The number of carbonyl (C=O) groups excluding carboxylic acids is 1. The van der Waals surface area contributed by atoms with Crippen molar-refractivity contribution in [2.75, 3.05) is 13.7 Å². The fourth-order valence-corrected chi connectivity index (χ4v) is 2.29. The zero-order valence-corrected chi connectivity index (χ0v) is 12.0. The van der Waals surface area contributed by atoms with Gasteiger partial charge >= 0.3 is 5.97 Å². The SMILES string of the molecule is CCOC(=O)C(CC)C(C)(O)c1ccccc1OC. The standard InChI is InChI=1S/C15H22O4/c1-5-11(14(16)19-6-2)15(3,17)12-9-7-8-10-13(12)18-4/h7-11,17H,5-6H2,1-4H3. The Labute approximate surface area is 114 Å². The van der Waals surface area contributed by atoms with Gasteiger partial charge < -0.3 is 14.6 Å². The average molecular weight is 266 g/mol. The second-order valence-electron chi connectivity index (χ2n) is 4.56. The first-order valence-corrected chi connectivity index (χ1v) is 6.51. The highest BCUT2D eigenvalue weighted by molar-refractivity contribution is 5.74. The minimum atomic E-state index is -1.33. The molecule has 0 aromatic heterocycles. The molecule has 1 aromatic rings. The topological polar surface area (TPSA) is 55.8 Å². The maximum Gasteiger partial charge on any atom is 0.312 e. The number of benzene rings is 1. The van der Waals surface area contributed by atoms with Crippen molar-refractivity contribution in [3.05, 3.63) is 29.8 Å². The van der Waals surface area contributed by atoms with Crippen molar-refractivity contribution in [3.63, 3.8) is 0 Å². The van der Waals surface area contributed by atoms with Gasteiger partial charge in [0.05, 0.1) is 19.6 Å². The summed E-state index contributed by atoms with van der Waals surface area (Å²) in [6.07, 6.45) is 0.490. The first-order chi connectivity index (χ1) is 8.98. The van der Waals surface area contributed by atoms with Gasteiger partial charge in [0.15, 0.2) is 0 Å². The van der Waals surface area contributed by atoms with E-state index in [1.54, 1.807) is 33.1 Å². The summed E-state index contributed by atoms with van der Waals surface area (Å²) in [6.45, 7) is 5.53. The molecule has 0 heterocycles. The van der Waals surface area contributed by atoms with Crippen molar-refractivity contribution in [1.82, 2.24) is 0 Å². The molecule has 4 heteroatoms. The normalized spacial score (nSPS) is 15.4. The van der Waals surface area contributed by atoms with E-state index in [0.717, 1.165) is 0 Å². The molecule has 1 aromatic carbocycles. The number of ether oxygens (including phenoxy) is 2. The molecule has 0 spiro atoms. The van der Waals surface area contributed by atoms with Crippen LogP contribution in [0.2, 0.25) is 0 Å². The number of carbonyl (C=O) groups is 1. The van der Waals surface area contributed by atoms with Crippen LogP contribution in [0, 0.1) is 5.92 Å².